The molecule has 1 aromatic rings. The lowest BCUT2D eigenvalue weighted by molar-refractivity contribution is -0.384. The zero-order valence-electron chi connectivity index (χ0n) is 12.3. The first-order valence-corrected chi connectivity index (χ1v) is 7.04. The van der Waals surface area contributed by atoms with E-state index in [9.17, 15) is 24.8 Å². The summed E-state index contributed by atoms with van der Waals surface area (Å²) in [5.74, 6) is -3.56. The summed E-state index contributed by atoms with van der Waals surface area (Å²) in [6.45, 7) is 1.85. The molecule has 2 N–H and O–H groups in total. The molecule has 1 rings (SSSR count). The predicted octanol–water partition coefficient (Wildman–Crippen LogP) is 2.73. The Balaban J connectivity index is 2.81. The number of non-ortho nitro benzene ring substituents is 1. The Morgan fingerprint density at radius 1 is 1.14 bits per heavy atom. The van der Waals surface area contributed by atoms with Gasteiger partial charge in [-0.1, -0.05) is 25.5 Å². The monoisotopic (exact) mass is 309 g/mol. The zero-order valence-corrected chi connectivity index (χ0v) is 12.3. The molecule has 0 aliphatic carbocycles. The average molecular weight is 309 g/mol. The van der Waals surface area contributed by atoms with Crippen molar-refractivity contribution in [3.63, 3.8) is 0 Å². The molecule has 0 aliphatic rings. The fourth-order valence-electron chi connectivity index (χ4n) is 2.34. The molecule has 0 heterocycles. The first-order valence-electron chi connectivity index (χ1n) is 7.04. The summed E-state index contributed by atoms with van der Waals surface area (Å²) < 4.78 is 0. The van der Waals surface area contributed by atoms with E-state index in [1.165, 1.54) is 24.3 Å². The second-order valence-electron chi connectivity index (χ2n) is 5.22. The smallest absolute Gasteiger partial charge is 0.306 e. The van der Waals surface area contributed by atoms with Crippen LogP contribution in [0.25, 0.3) is 0 Å². The predicted molar refractivity (Wildman–Crippen MR) is 78.6 cm³/mol. The Kier molecular flexibility index (Phi) is 6.49. The molecule has 120 valence electrons. The number of rotatable bonds is 9. The van der Waals surface area contributed by atoms with Gasteiger partial charge < -0.3 is 10.2 Å². The van der Waals surface area contributed by atoms with Crippen molar-refractivity contribution in [3.05, 3.63) is 39.9 Å². The Hall–Kier alpha value is -2.44. The minimum absolute atomic E-state index is 0.0511. The fourth-order valence-corrected chi connectivity index (χ4v) is 2.34. The van der Waals surface area contributed by atoms with E-state index in [-0.39, 0.29) is 18.5 Å². The standard InChI is InChI=1S/C15H19NO6/c1-2-3-11(14(17)18)9-12(15(19)20)8-10-4-6-13(7-5-10)16(21)22/h4-7,11-12H,2-3,8-9H2,1H3,(H,17,18)(H,19,20). The van der Waals surface area contributed by atoms with Gasteiger partial charge in [-0.25, -0.2) is 0 Å². The maximum Gasteiger partial charge on any atom is 0.306 e. The number of nitro benzene ring substituents is 1. The number of aliphatic carboxylic acids is 2. The van der Waals surface area contributed by atoms with Gasteiger partial charge in [0.15, 0.2) is 0 Å². The fraction of sp³-hybridized carbons (Fsp3) is 0.467. The molecule has 2 unspecified atom stereocenters. The molecule has 0 radical (unpaired) electrons. The van der Waals surface area contributed by atoms with E-state index in [0.717, 1.165) is 0 Å². The minimum Gasteiger partial charge on any atom is -0.481 e. The Morgan fingerprint density at radius 3 is 2.09 bits per heavy atom. The highest BCUT2D eigenvalue weighted by molar-refractivity contribution is 5.74. The van der Waals surface area contributed by atoms with Crippen LogP contribution in [0.4, 0.5) is 5.69 Å². The van der Waals surface area contributed by atoms with Gasteiger partial charge in [0, 0.05) is 12.1 Å². The summed E-state index contributed by atoms with van der Waals surface area (Å²) in [6, 6.07) is 5.64. The van der Waals surface area contributed by atoms with Crippen LogP contribution in [0.3, 0.4) is 0 Å². The lowest BCUT2D eigenvalue weighted by Crippen LogP contribution is -2.24. The highest BCUT2D eigenvalue weighted by Gasteiger charge is 2.26. The van der Waals surface area contributed by atoms with Crippen LogP contribution in [0, 0.1) is 22.0 Å². The van der Waals surface area contributed by atoms with E-state index in [2.05, 4.69) is 0 Å². The van der Waals surface area contributed by atoms with E-state index >= 15 is 0 Å². The lowest BCUT2D eigenvalue weighted by Gasteiger charge is -2.17. The van der Waals surface area contributed by atoms with Crippen molar-refractivity contribution in [1.29, 1.82) is 0 Å². The maximum absolute atomic E-state index is 11.3. The van der Waals surface area contributed by atoms with Crippen LogP contribution in [-0.4, -0.2) is 27.1 Å². The lowest BCUT2D eigenvalue weighted by atomic mass is 9.87. The number of carboxylic acids is 2. The second kappa shape index (κ2) is 8.11. The number of nitrogens with zero attached hydrogens (tertiary/aromatic N) is 1. The van der Waals surface area contributed by atoms with Crippen LogP contribution >= 0.6 is 0 Å². The molecule has 0 aromatic heterocycles. The number of hydrogen-bond acceptors (Lipinski definition) is 4. The molecule has 1 aromatic carbocycles. The van der Waals surface area contributed by atoms with Gasteiger partial charge in [0.1, 0.15) is 0 Å². The van der Waals surface area contributed by atoms with Crippen LogP contribution < -0.4 is 0 Å². The maximum atomic E-state index is 11.3. The van der Waals surface area contributed by atoms with Gasteiger partial charge in [0.25, 0.3) is 5.69 Å². The van der Waals surface area contributed by atoms with Crippen LogP contribution in [0.5, 0.6) is 0 Å². The molecule has 0 fully saturated rings. The molecule has 2 atom stereocenters. The second-order valence-corrected chi connectivity index (χ2v) is 5.22. The number of benzene rings is 1. The van der Waals surface area contributed by atoms with Crippen LogP contribution in [0.1, 0.15) is 31.7 Å². The molecule has 7 nitrogen and oxygen atoms in total. The summed E-state index contributed by atoms with van der Waals surface area (Å²) in [7, 11) is 0. The van der Waals surface area contributed by atoms with Crippen molar-refractivity contribution in [2.75, 3.05) is 0 Å². The molecular weight excluding hydrogens is 290 g/mol. The Morgan fingerprint density at radius 2 is 1.68 bits per heavy atom. The summed E-state index contributed by atoms with van der Waals surface area (Å²) >= 11 is 0. The Bertz CT molecular complexity index is 539. The molecule has 7 heteroatoms. The van der Waals surface area contributed by atoms with Gasteiger partial charge in [-0.15, -0.1) is 0 Å². The van der Waals surface area contributed by atoms with Crippen LogP contribution in [-0.2, 0) is 16.0 Å². The number of carbonyl (C=O) groups is 2. The van der Waals surface area contributed by atoms with E-state index < -0.39 is 28.7 Å². The summed E-state index contributed by atoms with van der Waals surface area (Å²) in [6.07, 6.45) is 1.30. The van der Waals surface area contributed by atoms with Crippen molar-refractivity contribution in [3.8, 4) is 0 Å². The quantitative estimate of drug-likeness (QED) is 0.535. The minimum atomic E-state index is -1.05. The average Bonchev–Trinajstić information content (AvgIpc) is 2.46. The summed E-state index contributed by atoms with van der Waals surface area (Å²) in [5, 5.41) is 29.0. The molecule has 0 saturated carbocycles. The van der Waals surface area contributed by atoms with Gasteiger partial charge in [-0.2, -0.15) is 0 Å². The molecular formula is C15H19NO6. The molecule has 0 aliphatic heterocycles. The topological polar surface area (TPSA) is 118 Å². The van der Waals surface area contributed by atoms with E-state index in [4.69, 9.17) is 5.11 Å². The first-order chi connectivity index (χ1) is 10.3. The van der Waals surface area contributed by atoms with Crippen molar-refractivity contribution >= 4 is 17.6 Å². The van der Waals surface area contributed by atoms with Gasteiger partial charge in [-0.05, 0) is 24.8 Å². The summed E-state index contributed by atoms with van der Waals surface area (Å²) in [4.78, 5) is 32.5. The van der Waals surface area contributed by atoms with E-state index in [1.54, 1.807) is 0 Å². The normalized spacial score (nSPS) is 13.3. The molecule has 22 heavy (non-hydrogen) atoms. The van der Waals surface area contributed by atoms with Gasteiger partial charge in [0.2, 0.25) is 0 Å². The van der Waals surface area contributed by atoms with Crippen molar-refractivity contribution in [1.82, 2.24) is 0 Å². The van der Waals surface area contributed by atoms with E-state index in [1.807, 2.05) is 6.92 Å². The third-order valence-electron chi connectivity index (χ3n) is 3.53. The molecule has 0 saturated heterocycles. The zero-order chi connectivity index (χ0) is 16.7. The van der Waals surface area contributed by atoms with Gasteiger partial charge in [-0.3, -0.25) is 19.7 Å². The first kappa shape index (κ1) is 17.6. The van der Waals surface area contributed by atoms with Gasteiger partial charge >= 0.3 is 11.9 Å². The number of hydrogen-bond donors (Lipinski definition) is 2. The van der Waals surface area contributed by atoms with Crippen molar-refractivity contribution < 1.29 is 24.7 Å². The largest absolute Gasteiger partial charge is 0.481 e. The highest BCUT2D eigenvalue weighted by Crippen LogP contribution is 2.23. The van der Waals surface area contributed by atoms with Crippen molar-refractivity contribution in [2.24, 2.45) is 11.8 Å². The molecule has 0 amide bonds. The van der Waals surface area contributed by atoms with E-state index in [0.29, 0.717) is 18.4 Å². The van der Waals surface area contributed by atoms with Crippen LogP contribution in [0.15, 0.2) is 24.3 Å². The highest BCUT2D eigenvalue weighted by atomic mass is 16.6. The third-order valence-corrected chi connectivity index (χ3v) is 3.53. The van der Waals surface area contributed by atoms with Crippen LogP contribution in [0.2, 0.25) is 0 Å². The molecule has 0 bridgehead atoms. The number of carboxylic acid groups (broad SMARTS) is 2. The number of nitro groups is 1. The van der Waals surface area contributed by atoms with Gasteiger partial charge in [0.05, 0.1) is 16.8 Å². The summed E-state index contributed by atoms with van der Waals surface area (Å²) in [5.41, 5.74) is 0.573. The third kappa shape index (κ3) is 5.16. The van der Waals surface area contributed by atoms with Crippen molar-refractivity contribution in [2.45, 2.75) is 32.6 Å². The SMILES string of the molecule is CCCC(CC(Cc1ccc([N+](=O)[O-])cc1)C(=O)O)C(=O)O. The Labute approximate surface area is 127 Å². The molecule has 0 spiro atoms.